The highest BCUT2D eigenvalue weighted by Gasteiger charge is 2.27. The van der Waals surface area contributed by atoms with Crippen molar-refractivity contribution < 1.29 is 9.53 Å². The smallest absolute Gasteiger partial charge is 0.278 e. The van der Waals surface area contributed by atoms with Gasteiger partial charge in [0.25, 0.3) is 5.56 Å². The Balaban J connectivity index is 1.50. The lowest BCUT2D eigenvalue weighted by Gasteiger charge is -2.21. The van der Waals surface area contributed by atoms with E-state index < -0.39 is 6.04 Å². The van der Waals surface area contributed by atoms with Crippen LogP contribution >= 0.6 is 0 Å². The van der Waals surface area contributed by atoms with E-state index in [9.17, 15) is 9.59 Å². The van der Waals surface area contributed by atoms with Crippen LogP contribution < -0.4 is 15.6 Å². The van der Waals surface area contributed by atoms with Gasteiger partial charge in [0.2, 0.25) is 5.91 Å². The Labute approximate surface area is 179 Å². The third-order valence-electron chi connectivity index (χ3n) is 5.42. The van der Waals surface area contributed by atoms with Gasteiger partial charge in [-0.3, -0.25) is 9.59 Å². The zero-order chi connectivity index (χ0) is 22.0. The number of hydrogen-bond acceptors (Lipinski definition) is 5. The summed E-state index contributed by atoms with van der Waals surface area (Å²) in [5, 5.41) is 12.7. The maximum Gasteiger partial charge on any atom is 0.278 e. The summed E-state index contributed by atoms with van der Waals surface area (Å²) in [7, 11) is 1.64. The number of hydrogen-bond donors (Lipinski definition) is 2. The van der Waals surface area contributed by atoms with Crippen molar-refractivity contribution in [3.63, 3.8) is 0 Å². The van der Waals surface area contributed by atoms with Crippen molar-refractivity contribution in [1.82, 2.24) is 25.3 Å². The number of aromatic nitrogens is 4. The molecule has 1 unspecified atom stereocenters. The van der Waals surface area contributed by atoms with E-state index in [4.69, 9.17) is 4.74 Å². The molecule has 0 spiro atoms. The first-order valence-electron chi connectivity index (χ1n) is 10.3. The molecule has 0 radical (unpaired) electrons. The third kappa shape index (κ3) is 4.01. The topological polar surface area (TPSA) is 102 Å². The molecule has 4 aromatic rings. The fourth-order valence-electron chi connectivity index (χ4n) is 3.80. The molecule has 31 heavy (non-hydrogen) atoms. The number of nitrogens with zero attached hydrogens (tertiary/aromatic N) is 3. The highest BCUT2D eigenvalue weighted by Crippen LogP contribution is 2.23. The summed E-state index contributed by atoms with van der Waals surface area (Å²) in [5.74, 6) is 0.410. The Hall–Kier alpha value is -3.68. The summed E-state index contributed by atoms with van der Waals surface area (Å²) in [6.07, 6.45) is 2.59. The summed E-state index contributed by atoms with van der Waals surface area (Å²) in [6.45, 7) is 4.22. The molecule has 1 atom stereocenters. The fourth-order valence-corrected chi connectivity index (χ4v) is 3.80. The quantitative estimate of drug-likeness (QED) is 0.480. The van der Waals surface area contributed by atoms with Crippen LogP contribution in [0.2, 0.25) is 0 Å². The van der Waals surface area contributed by atoms with E-state index in [1.54, 1.807) is 31.4 Å². The first kappa shape index (κ1) is 20.6. The SMILES string of the molecule is COc1ccc2c(CCNC(=O)C(C(C)C)n3nnc4ccccc4c3=O)c[nH]c2c1. The van der Waals surface area contributed by atoms with E-state index >= 15 is 0 Å². The van der Waals surface area contributed by atoms with Crippen molar-refractivity contribution in [3.05, 3.63) is 64.6 Å². The number of benzene rings is 2. The van der Waals surface area contributed by atoms with Gasteiger partial charge in [0, 0.05) is 29.7 Å². The van der Waals surface area contributed by atoms with Gasteiger partial charge in [-0.1, -0.05) is 31.2 Å². The van der Waals surface area contributed by atoms with Gasteiger partial charge in [-0.15, -0.1) is 5.10 Å². The van der Waals surface area contributed by atoms with Crippen molar-refractivity contribution in [3.8, 4) is 5.75 Å². The lowest BCUT2D eigenvalue weighted by molar-refractivity contribution is -0.126. The minimum atomic E-state index is -0.739. The number of aromatic amines is 1. The van der Waals surface area contributed by atoms with Gasteiger partial charge in [0.1, 0.15) is 17.3 Å². The number of ether oxygens (including phenoxy) is 1. The van der Waals surface area contributed by atoms with Gasteiger partial charge in [-0.05, 0) is 42.2 Å². The molecule has 160 valence electrons. The lowest BCUT2D eigenvalue weighted by atomic mass is 10.0. The number of amides is 1. The Morgan fingerprint density at radius 1 is 1.19 bits per heavy atom. The van der Waals surface area contributed by atoms with Crippen LogP contribution in [0.4, 0.5) is 0 Å². The molecule has 0 fully saturated rings. The molecule has 4 rings (SSSR count). The number of carbonyl (C=O) groups is 1. The Kier molecular flexibility index (Phi) is 5.70. The van der Waals surface area contributed by atoms with Gasteiger partial charge < -0.3 is 15.0 Å². The second kappa shape index (κ2) is 8.59. The van der Waals surface area contributed by atoms with E-state index in [1.165, 1.54) is 4.68 Å². The standard InChI is InChI=1S/C23H25N5O3/c1-14(2)21(28-23(30)18-6-4-5-7-19(18)26-27-28)22(29)24-11-10-15-13-25-20-12-16(31-3)8-9-17(15)20/h4-9,12-14,21,25H,10-11H2,1-3H3,(H,24,29). The molecule has 2 aromatic heterocycles. The van der Waals surface area contributed by atoms with E-state index in [0.717, 1.165) is 22.2 Å². The molecule has 1 amide bonds. The van der Waals surface area contributed by atoms with Crippen molar-refractivity contribution in [2.24, 2.45) is 5.92 Å². The van der Waals surface area contributed by atoms with Crippen LogP contribution in [0, 0.1) is 5.92 Å². The summed E-state index contributed by atoms with van der Waals surface area (Å²) in [5.41, 5.74) is 2.29. The molecule has 2 aromatic carbocycles. The van der Waals surface area contributed by atoms with Gasteiger partial charge >= 0.3 is 0 Å². The molecule has 0 aliphatic heterocycles. The second-order valence-electron chi connectivity index (χ2n) is 7.81. The average molecular weight is 419 g/mol. The van der Waals surface area contributed by atoms with Crippen LogP contribution in [0.25, 0.3) is 21.8 Å². The van der Waals surface area contributed by atoms with Gasteiger partial charge in [0.05, 0.1) is 12.5 Å². The van der Waals surface area contributed by atoms with Crippen LogP contribution in [-0.2, 0) is 11.2 Å². The summed E-state index contributed by atoms with van der Waals surface area (Å²) >= 11 is 0. The molecule has 8 heteroatoms. The molecular formula is C23H25N5O3. The maximum absolute atomic E-state index is 13.0. The average Bonchev–Trinajstić information content (AvgIpc) is 3.17. The van der Waals surface area contributed by atoms with E-state index in [2.05, 4.69) is 20.6 Å². The Morgan fingerprint density at radius 2 is 2.00 bits per heavy atom. The van der Waals surface area contributed by atoms with Gasteiger partial charge in [-0.25, -0.2) is 0 Å². The Morgan fingerprint density at radius 3 is 2.77 bits per heavy atom. The van der Waals surface area contributed by atoms with Crippen LogP contribution in [0.5, 0.6) is 5.75 Å². The highest BCUT2D eigenvalue weighted by molar-refractivity contribution is 5.85. The van der Waals surface area contributed by atoms with E-state index in [-0.39, 0.29) is 17.4 Å². The number of fused-ring (bicyclic) bond motifs is 2. The molecule has 0 bridgehead atoms. The fraction of sp³-hybridized carbons (Fsp3) is 0.304. The number of methoxy groups -OCH3 is 1. The summed E-state index contributed by atoms with van der Waals surface area (Å²) < 4.78 is 6.45. The minimum Gasteiger partial charge on any atom is -0.497 e. The Bertz CT molecular complexity index is 1290. The summed E-state index contributed by atoms with van der Waals surface area (Å²) in [6, 6.07) is 12.1. The predicted molar refractivity (Wildman–Crippen MR) is 119 cm³/mol. The zero-order valence-corrected chi connectivity index (χ0v) is 17.8. The first-order chi connectivity index (χ1) is 15.0. The predicted octanol–water partition coefficient (Wildman–Crippen LogP) is 2.84. The number of rotatable bonds is 7. The van der Waals surface area contributed by atoms with E-state index in [0.29, 0.717) is 23.9 Å². The lowest BCUT2D eigenvalue weighted by Crippen LogP contribution is -2.42. The molecule has 2 heterocycles. The van der Waals surface area contributed by atoms with Gasteiger partial charge in [0.15, 0.2) is 0 Å². The second-order valence-corrected chi connectivity index (χ2v) is 7.81. The molecule has 2 N–H and O–H groups in total. The number of H-pyrrole nitrogens is 1. The number of carbonyl (C=O) groups excluding carboxylic acids is 1. The molecule has 0 aliphatic rings. The molecular weight excluding hydrogens is 394 g/mol. The largest absolute Gasteiger partial charge is 0.497 e. The van der Waals surface area contributed by atoms with Gasteiger partial charge in [-0.2, -0.15) is 4.68 Å². The molecule has 0 saturated heterocycles. The zero-order valence-electron chi connectivity index (χ0n) is 17.8. The number of nitrogens with one attached hydrogen (secondary N) is 2. The maximum atomic E-state index is 13.0. The van der Waals surface area contributed by atoms with Crippen LogP contribution in [-0.4, -0.2) is 39.5 Å². The molecule has 0 aliphatic carbocycles. The first-order valence-corrected chi connectivity index (χ1v) is 10.3. The van der Waals surface area contributed by atoms with Crippen molar-refractivity contribution in [2.75, 3.05) is 13.7 Å². The summed E-state index contributed by atoms with van der Waals surface area (Å²) in [4.78, 5) is 29.1. The van der Waals surface area contributed by atoms with Crippen molar-refractivity contribution in [1.29, 1.82) is 0 Å². The van der Waals surface area contributed by atoms with Crippen LogP contribution in [0.3, 0.4) is 0 Å². The van der Waals surface area contributed by atoms with Crippen molar-refractivity contribution >= 4 is 27.7 Å². The van der Waals surface area contributed by atoms with E-state index in [1.807, 2.05) is 38.2 Å². The van der Waals surface area contributed by atoms with Crippen LogP contribution in [0.15, 0.2) is 53.5 Å². The third-order valence-corrected chi connectivity index (χ3v) is 5.42. The van der Waals surface area contributed by atoms with Crippen molar-refractivity contribution in [2.45, 2.75) is 26.3 Å². The monoisotopic (exact) mass is 419 g/mol. The normalized spacial score (nSPS) is 12.4. The minimum absolute atomic E-state index is 0.131. The molecule has 8 nitrogen and oxygen atoms in total. The van der Waals surface area contributed by atoms with Crippen LogP contribution in [0.1, 0.15) is 25.5 Å². The highest BCUT2D eigenvalue weighted by atomic mass is 16.5. The molecule has 0 saturated carbocycles.